The lowest BCUT2D eigenvalue weighted by Gasteiger charge is -2.10. The molecule has 1 atom stereocenters. The molecule has 2 aromatic carbocycles. The van der Waals surface area contributed by atoms with Crippen LogP contribution >= 0.6 is 0 Å². The molecular weight excluding hydrogens is 236 g/mol. The summed E-state index contributed by atoms with van der Waals surface area (Å²) in [6, 6.07) is 15.8. The molecule has 0 saturated carbocycles. The fraction of sp³-hybridized carbons (Fsp3) is 0.0625. The van der Waals surface area contributed by atoms with Crippen LogP contribution in [-0.4, -0.2) is 10.9 Å². The zero-order valence-corrected chi connectivity index (χ0v) is 10.2. The maximum atomic E-state index is 12.0. The molecule has 3 nitrogen and oxygen atoms in total. The van der Waals surface area contributed by atoms with Gasteiger partial charge in [0.2, 0.25) is 0 Å². The van der Waals surface area contributed by atoms with Crippen LogP contribution in [0.3, 0.4) is 0 Å². The molecule has 92 valence electrons. The molecule has 0 fully saturated rings. The molecule has 1 aliphatic rings. The van der Waals surface area contributed by atoms with E-state index in [9.17, 15) is 4.79 Å². The third-order valence-electron chi connectivity index (χ3n) is 3.72. The first-order valence-electron chi connectivity index (χ1n) is 6.30. The van der Waals surface area contributed by atoms with Crippen molar-refractivity contribution in [3.8, 4) is 0 Å². The SMILES string of the molecule is O=C1N[C@@H](c2c[nH]c3ccccc23)c2ccccc21. The Morgan fingerprint density at radius 3 is 2.63 bits per heavy atom. The maximum absolute atomic E-state index is 12.0. The van der Waals surface area contributed by atoms with E-state index in [1.54, 1.807) is 0 Å². The third-order valence-corrected chi connectivity index (χ3v) is 3.72. The van der Waals surface area contributed by atoms with Crippen molar-refractivity contribution in [1.29, 1.82) is 0 Å². The number of H-pyrrole nitrogens is 1. The van der Waals surface area contributed by atoms with E-state index in [-0.39, 0.29) is 11.9 Å². The minimum absolute atomic E-state index is 0.00545. The van der Waals surface area contributed by atoms with E-state index in [1.165, 1.54) is 0 Å². The van der Waals surface area contributed by atoms with Crippen LogP contribution < -0.4 is 5.32 Å². The van der Waals surface area contributed by atoms with Gasteiger partial charge in [-0.1, -0.05) is 36.4 Å². The van der Waals surface area contributed by atoms with Gasteiger partial charge in [0.25, 0.3) is 5.91 Å². The molecule has 0 spiro atoms. The molecular formula is C16H12N2O. The van der Waals surface area contributed by atoms with Gasteiger partial charge in [-0.25, -0.2) is 0 Å². The molecule has 19 heavy (non-hydrogen) atoms. The summed E-state index contributed by atoms with van der Waals surface area (Å²) < 4.78 is 0. The number of para-hydroxylation sites is 1. The molecule has 3 heteroatoms. The van der Waals surface area contributed by atoms with Crippen molar-refractivity contribution in [2.75, 3.05) is 0 Å². The minimum Gasteiger partial charge on any atom is -0.361 e. The van der Waals surface area contributed by atoms with E-state index in [0.717, 1.165) is 27.6 Å². The fourth-order valence-electron chi connectivity index (χ4n) is 2.82. The Bertz CT molecular complexity index is 788. The van der Waals surface area contributed by atoms with Gasteiger partial charge in [-0.15, -0.1) is 0 Å². The van der Waals surface area contributed by atoms with Crippen molar-refractivity contribution in [3.63, 3.8) is 0 Å². The summed E-state index contributed by atoms with van der Waals surface area (Å²) in [5.74, 6) is 0.00545. The van der Waals surface area contributed by atoms with E-state index in [2.05, 4.69) is 16.4 Å². The van der Waals surface area contributed by atoms with Crippen molar-refractivity contribution in [1.82, 2.24) is 10.3 Å². The second kappa shape index (κ2) is 3.72. The Labute approximate surface area is 110 Å². The highest BCUT2D eigenvalue weighted by molar-refractivity contribution is 6.00. The predicted octanol–water partition coefficient (Wildman–Crippen LogP) is 3.00. The third kappa shape index (κ3) is 1.41. The van der Waals surface area contributed by atoms with Crippen LogP contribution in [0.2, 0.25) is 0 Å². The lowest BCUT2D eigenvalue weighted by molar-refractivity contribution is 0.0960. The molecule has 3 aromatic rings. The Morgan fingerprint density at radius 1 is 0.895 bits per heavy atom. The summed E-state index contributed by atoms with van der Waals surface area (Å²) in [6.45, 7) is 0. The van der Waals surface area contributed by atoms with E-state index in [1.807, 2.05) is 48.7 Å². The summed E-state index contributed by atoms with van der Waals surface area (Å²) in [4.78, 5) is 15.2. The van der Waals surface area contributed by atoms with Crippen LogP contribution in [0.5, 0.6) is 0 Å². The number of amides is 1. The highest BCUT2D eigenvalue weighted by Crippen LogP contribution is 2.34. The molecule has 2 N–H and O–H groups in total. The van der Waals surface area contributed by atoms with Crippen LogP contribution in [-0.2, 0) is 0 Å². The Balaban J connectivity index is 1.93. The number of benzene rings is 2. The summed E-state index contributed by atoms with van der Waals surface area (Å²) >= 11 is 0. The van der Waals surface area contributed by atoms with Crippen LogP contribution in [0.25, 0.3) is 10.9 Å². The zero-order valence-electron chi connectivity index (χ0n) is 10.2. The van der Waals surface area contributed by atoms with Crippen LogP contribution in [0.1, 0.15) is 27.5 Å². The number of aromatic amines is 1. The first kappa shape index (κ1) is 10.4. The second-order valence-electron chi connectivity index (χ2n) is 4.78. The average molecular weight is 248 g/mol. The number of fused-ring (bicyclic) bond motifs is 2. The summed E-state index contributed by atoms with van der Waals surface area (Å²) in [5, 5.41) is 4.21. The normalized spacial score (nSPS) is 17.5. The van der Waals surface area contributed by atoms with Gasteiger partial charge in [-0.3, -0.25) is 4.79 Å². The minimum atomic E-state index is -0.0557. The largest absolute Gasteiger partial charge is 0.361 e. The number of aromatic nitrogens is 1. The Hall–Kier alpha value is -2.55. The van der Waals surface area contributed by atoms with Gasteiger partial charge >= 0.3 is 0 Å². The Morgan fingerprint density at radius 2 is 1.68 bits per heavy atom. The fourth-order valence-corrected chi connectivity index (χ4v) is 2.82. The lowest BCUT2D eigenvalue weighted by atomic mass is 9.98. The number of nitrogens with one attached hydrogen (secondary N) is 2. The molecule has 0 unspecified atom stereocenters. The van der Waals surface area contributed by atoms with Crippen molar-refractivity contribution < 1.29 is 4.79 Å². The van der Waals surface area contributed by atoms with Gasteiger partial charge in [-0.2, -0.15) is 0 Å². The first-order chi connectivity index (χ1) is 9.34. The molecule has 0 bridgehead atoms. The molecule has 2 heterocycles. The standard InChI is InChI=1S/C16H12N2O/c19-16-12-7-2-1-6-11(12)15(18-16)13-9-17-14-8-4-3-5-10(13)14/h1-9,15,17H,(H,18,19)/t15-/m1/s1. The molecule has 1 aromatic heterocycles. The molecule has 1 amide bonds. The molecule has 1 aliphatic heterocycles. The quantitative estimate of drug-likeness (QED) is 0.683. The monoisotopic (exact) mass is 248 g/mol. The molecule has 0 saturated heterocycles. The zero-order chi connectivity index (χ0) is 12.8. The van der Waals surface area contributed by atoms with Crippen molar-refractivity contribution in [2.45, 2.75) is 6.04 Å². The highest BCUT2D eigenvalue weighted by atomic mass is 16.2. The number of hydrogen-bond acceptors (Lipinski definition) is 1. The predicted molar refractivity (Wildman–Crippen MR) is 74.0 cm³/mol. The van der Waals surface area contributed by atoms with Gasteiger partial charge < -0.3 is 10.3 Å². The highest BCUT2D eigenvalue weighted by Gasteiger charge is 2.30. The van der Waals surface area contributed by atoms with Gasteiger partial charge in [0.15, 0.2) is 0 Å². The smallest absolute Gasteiger partial charge is 0.252 e. The average Bonchev–Trinajstić information content (AvgIpc) is 3.01. The van der Waals surface area contributed by atoms with E-state index in [0.29, 0.717) is 0 Å². The van der Waals surface area contributed by atoms with Crippen molar-refractivity contribution in [3.05, 3.63) is 71.4 Å². The summed E-state index contributed by atoms with van der Waals surface area (Å²) in [7, 11) is 0. The van der Waals surface area contributed by atoms with Crippen molar-refractivity contribution in [2.24, 2.45) is 0 Å². The van der Waals surface area contributed by atoms with Gasteiger partial charge in [-0.05, 0) is 17.7 Å². The maximum Gasteiger partial charge on any atom is 0.252 e. The Kier molecular flexibility index (Phi) is 2.03. The van der Waals surface area contributed by atoms with Crippen LogP contribution in [0.15, 0.2) is 54.7 Å². The molecule has 0 radical (unpaired) electrons. The molecule has 4 rings (SSSR count). The second-order valence-corrected chi connectivity index (χ2v) is 4.78. The van der Waals surface area contributed by atoms with Gasteiger partial charge in [0, 0.05) is 28.2 Å². The topological polar surface area (TPSA) is 44.9 Å². The summed E-state index contributed by atoms with van der Waals surface area (Å²) in [6.07, 6.45) is 1.98. The van der Waals surface area contributed by atoms with E-state index >= 15 is 0 Å². The number of carbonyl (C=O) groups excluding carboxylic acids is 1. The van der Waals surface area contributed by atoms with E-state index < -0.39 is 0 Å². The van der Waals surface area contributed by atoms with E-state index in [4.69, 9.17) is 0 Å². The summed E-state index contributed by atoms with van der Waals surface area (Å²) in [5.41, 5.74) is 4.04. The first-order valence-corrected chi connectivity index (χ1v) is 6.30. The van der Waals surface area contributed by atoms with Crippen molar-refractivity contribution >= 4 is 16.8 Å². The van der Waals surface area contributed by atoms with Gasteiger partial charge in [0.1, 0.15) is 0 Å². The molecule has 0 aliphatic carbocycles. The van der Waals surface area contributed by atoms with Gasteiger partial charge in [0.05, 0.1) is 6.04 Å². The number of carbonyl (C=O) groups is 1. The number of hydrogen-bond donors (Lipinski definition) is 2. The van der Waals surface area contributed by atoms with Crippen LogP contribution in [0, 0.1) is 0 Å². The number of rotatable bonds is 1. The van der Waals surface area contributed by atoms with Crippen LogP contribution in [0.4, 0.5) is 0 Å². The lowest BCUT2D eigenvalue weighted by Crippen LogP contribution is -2.19.